The van der Waals surface area contributed by atoms with Crippen molar-refractivity contribution in [3.05, 3.63) is 16.8 Å². The van der Waals surface area contributed by atoms with Crippen LogP contribution >= 0.6 is 11.3 Å². The summed E-state index contributed by atoms with van der Waals surface area (Å²) in [6.45, 7) is 4.52. The monoisotopic (exact) mass is 307 g/mol. The third-order valence-corrected chi connectivity index (χ3v) is 5.41. The number of amides is 2. The molecule has 1 aromatic rings. The molecule has 114 valence electrons. The van der Waals surface area contributed by atoms with E-state index in [9.17, 15) is 9.59 Å². The van der Waals surface area contributed by atoms with Gasteiger partial charge in [-0.15, -0.1) is 0 Å². The molecule has 0 saturated carbocycles. The van der Waals surface area contributed by atoms with Gasteiger partial charge in [-0.25, -0.2) is 0 Å². The molecule has 5 nitrogen and oxygen atoms in total. The first-order valence-electron chi connectivity index (χ1n) is 7.37. The van der Waals surface area contributed by atoms with E-state index in [1.54, 1.807) is 11.3 Å². The SMILES string of the molecule is CCC(=O)N1CCC2(C1)CN(c1ccsc1)C(=O)CN2C. The third-order valence-electron chi connectivity index (χ3n) is 4.74. The molecule has 6 heteroatoms. The van der Waals surface area contributed by atoms with Crippen LogP contribution in [0.25, 0.3) is 0 Å². The van der Waals surface area contributed by atoms with Crippen molar-refractivity contribution in [2.75, 3.05) is 38.1 Å². The second-order valence-electron chi connectivity index (χ2n) is 5.96. The summed E-state index contributed by atoms with van der Waals surface area (Å²) in [6.07, 6.45) is 1.48. The summed E-state index contributed by atoms with van der Waals surface area (Å²) in [6, 6.07) is 1.99. The number of likely N-dealkylation sites (N-methyl/N-ethyl adjacent to an activating group) is 1. The van der Waals surface area contributed by atoms with Crippen LogP contribution in [0.1, 0.15) is 19.8 Å². The molecule has 1 unspecified atom stereocenters. The summed E-state index contributed by atoms with van der Waals surface area (Å²) < 4.78 is 0. The Labute approximate surface area is 129 Å². The van der Waals surface area contributed by atoms with Gasteiger partial charge in [0.2, 0.25) is 11.8 Å². The molecule has 2 amide bonds. The largest absolute Gasteiger partial charge is 0.341 e. The smallest absolute Gasteiger partial charge is 0.241 e. The second-order valence-corrected chi connectivity index (χ2v) is 6.74. The van der Waals surface area contributed by atoms with Gasteiger partial charge in [-0.05, 0) is 24.9 Å². The van der Waals surface area contributed by atoms with Crippen LogP contribution in [-0.2, 0) is 9.59 Å². The van der Waals surface area contributed by atoms with Crippen molar-refractivity contribution in [1.82, 2.24) is 9.80 Å². The number of carbonyl (C=O) groups excluding carboxylic acids is 2. The predicted octanol–water partition coefficient (Wildman–Crippen LogP) is 1.41. The van der Waals surface area contributed by atoms with E-state index in [4.69, 9.17) is 0 Å². The average molecular weight is 307 g/mol. The highest BCUT2D eigenvalue weighted by Crippen LogP contribution is 2.34. The minimum atomic E-state index is -0.0966. The Morgan fingerprint density at radius 1 is 1.43 bits per heavy atom. The molecule has 0 bridgehead atoms. The average Bonchev–Trinajstić information content (AvgIpc) is 3.13. The Morgan fingerprint density at radius 3 is 2.90 bits per heavy atom. The lowest BCUT2D eigenvalue weighted by Crippen LogP contribution is -2.64. The van der Waals surface area contributed by atoms with E-state index in [1.165, 1.54) is 0 Å². The molecule has 0 radical (unpaired) electrons. The topological polar surface area (TPSA) is 43.9 Å². The molecular formula is C15H21N3O2S. The first kappa shape index (κ1) is 14.5. The maximum Gasteiger partial charge on any atom is 0.241 e. The lowest BCUT2D eigenvalue weighted by atomic mass is 9.93. The van der Waals surface area contributed by atoms with Crippen LogP contribution in [0.3, 0.4) is 0 Å². The van der Waals surface area contributed by atoms with Crippen LogP contribution in [0.15, 0.2) is 16.8 Å². The maximum absolute atomic E-state index is 12.3. The van der Waals surface area contributed by atoms with Gasteiger partial charge in [0.25, 0.3) is 0 Å². The van der Waals surface area contributed by atoms with Crippen molar-refractivity contribution in [3.8, 4) is 0 Å². The zero-order chi connectivity index (χ0) is 15.0. The van der Waals surface area contributed by atoms with Gasteiger partial charge in [0, 0.05) is 31.4 Å². The van der Waals surface area contributed by atoms with Crippen LogP contribution in [0.5, 0.6) is 0 Å². The fourth-order valence-electron chi connectivity index (χ4n) is 3.34. The number of carbonyl (C=O) groups is 2. The Balaban J connectivity index is 1.82. The molecule has 0 aliphatic carbocycles. The third kappa shape index (κ3) is 2.46. The van der Waals surface area contributed by atoms with Gasteiger partial charge in [-0.1, -0.05) is 6.92 Å². The highest BCUT2D eigenvalue weighted by Gasteiger charge is 2.48. The quantitative estimate of drug-likeness (QED) is 0.830. The number of hydrogen-bond acceptors (Lipinski definition) is 4. The van der Waals surface area contributed by atoms with E-state index >= 15 is 0 Å². The molecule has 21 heavy (non-hydrogen) atoms. The molecule has 3 heterocycles. The van der Waals surface area contributed by atoms with E-state index in [1.807, 2.05) is 40.6 Å². The van der Waals surface area contributed by atoms with Gasteiger partial charge in [0.1, 0.15) is 0 Å². The van der Waals surface area contributed by atoms with Crippen molar-refractivity contribution in [2.45, 2.75) is 25.3 Å². The van der Waals surface area contributed by atoms with Gasteiger partial charge >= 0.3 is 0 Å². The van der Waals surface area contributed by atoms with Crippen LogP contribution < -0.4 is 4.90 Å². The summed E-state index contributed by atoms with van der Waals surface area (Å²) in [5.41, 5.74) is 0.887. The number of hydrogen-bond donors (Lipinski definition) is 0. The summed E-state index contributed by atoms with van der Waals surface area (Å²) >= 11 is 1.60. The van der Waals surface area contributed by atoms with Crippen LogP contribution in [0.4, 0.5) is 5.69 Å². The number of rotatable bonds is 2. The number of thiophene rings is 1. The minimum Gasteiger partial charge on any atom is -0.341 e. The predicted molar refractivity (Wildman–Crippen MR) is 83.5 cm³/mol. The Morgan fingerprint density at radius 2 is 2.24 bits per heavy atom. The van der Waals surface area contributed by atoms with E-state index in [2.05, 4.69) is 4.90 Å². The van der Waals surface area contributed by atoms with Gasteiger partial charge < -0.3 is 9.80 Å². The van der Waals surface area contributed by atoms with E-state index in [0.29, 0.717) is 19.5 Å². The Kier molecular flexibility index (Phi) is 3.75. The standard InChI is InChI=1S/C15H21N3O2S/c1-3-13(19)17-6-5-15(10-17)11-18(12-4-7-21-9-12)14(20)8-16(15)2/h4,7,9H,3,5-6,8,10-11H2,1-2H3. The first-order valence-corrected chi connectivity index (χ1v) is 8.31. The molecule has 1 spiro atoms. The van der Waals surface area contributed by atoms with Crippen LogP contribution in [0, 0.1) is 0 Å². The van der Waals surface area contributed by atoms with E-state index in [0.717, 1.165) is 25.2 Å². The number of nitrogens with zero attached hydrogens (tertiary/aromatic N) is 3. The molecule has 2 fully saturated rings. The summed E-state index contributed by atoms with van der Waals surface area (Å²) in [5, 5.41) is 4.01. The van der Waals surface area contributed by atoms with Crippen molar-refractivity contribution in [1.29, 1.82) is 0 Å². The van der Waals surface area contributed by atoms with Crippen molar-refractivity contribution < 1.29 is 9.59 Å². The first-order chi connectivity index (χ1) is 10.1. The van der Waals surface area contributed by atoms with Crippen molar-refractivity contribution >= 4 is 28.8 Å². The molecule has 1 atom stereocenters. The summed E-state index contributed by atoms with van der Waals surface area (Å²) in [4.78, 5) is 30.2. The zero-order valence-corrected chi connectivity index (χ0v) is 13.4. The summed E-state index contributed by atoms with van der Waals surface area (Å²) in [5.74, 6) is 0.348. The molecule has 3 rings (SSSR count). The second kappa shape index (κ2) is 5.42. The number of anilines is 1. The molecular weight excluding hydrogens is 286 g/mol. The van der Waals surface area contributed by atoms with Crippen LogP contribution in [0.2, 0.25) is 0 Å². The molecule has 2 aliphatic heterocycles. The normalized spacial score (nSPS) is 26.9. The fraction of sp³-hybridized carbons (Fsp3) is 0.600. The minimum absolute atomic E-state index is 0.0966. The Bertz CT molecular complexity index is 545. The van der Waals surface area contributed by atoms with Gasteiger partial charge in [-0.2, -0.15) is 11.3 Å². The fourth-order valence-corrected chi connectivity index (χ4v) is 3.98. The van der Waals surface area contributed by atoms with Crippen LogP contribution in [-0.4, -0.2) is 60.4 Å². The molecule has 1 aromatic heterocycles. The number of piperazine rings is 1. The van der Waals surface area contributed by atoms with Gasteiger partial charge in [-0.3, -0.25) is 14.5 Å². The van der Waals surface area contributed by atoms with Gasteiger partial charge in [0.05, 0.1) is 17.8 Å². The molecule has 0 aromatic carbocycles. The zero-order valence-electron chi connectivity index (χ0n) is 12.5. The van der Waals surface area contributed by atoms with E-state index < -0.39 is 0 Å². The molecule has 2 saturated heterocycles. The number of likely N-dealkylation sites (tertiary alicyclic amines) is 1. The maximum atomic E-state index is 12.3. The molecule has 0 N–H and O–H groups in total. The highest BCUT2D eigenvalue weighted by atomic mass is 32.1. The van der Waals surface area contributed by atoms with Crippen molar-refractivity contribution in [2.24, 2.45) is 0 Å². The Hall–Kier alpha value is -1.40. The molecule has 2 aliphatic rings. The van der Waals surface area contributed by atoms with E-state index in [-0.39, 0.29) is 17.4 Å². The van der Waals surface area contributed by atoms with Gasteiger partial charge in [0.15, 0.2) is 0 Å². The lowest BCUT2D eigenvalue weighted by molar-refractivity contribution is -0.130. The summed E-state index contributed by atoms with van der Waals surface area (Å²) in [7, 11) is 2.00. The van der Waals surface area contributed by atoms with Crippen molar-refractivity contribution in [3.63, 3.8) is 0 Å². The highest BCUT2D eigenvalue weighted by molar-refractivity contribution is 7.08. The lowest BCUT2D eigenvalue weighted by Gasteiger charge is -2.46.